The van der Waals surface area contributed by atoms with E-state index in [0.29, 0.717) is 28.7 Å². The fourth-order valence-electron chi connectivity index (χ4n) is 6.27. The molecule has 1 aliphatic rings. The van der Waals surface area contributed by atoms with E-state index in [1.807, 2.05) is 42.5 Å². The van der Waals surface area contributed by atoms with E-state index in [4.69, 9.17) is 5.11 Å². The average Bonchev–Trinajstić information content (AvgIpc) is 3.12. The van der Waals surface area contributed by atoms with Crippen LogP contribution in [0.25, 0.3) is 22.0 Å². The highest BCUT2D eigenvalue weighted by Gasteiger charge is 2.14. The number of carboxylic acid groups (broad SMARTS) is 1. The molecular formula is C40H46N4O5. The van der Waals surface area contributed by atoms with Gasteiger partial charge in [-0.2, -0.15) is 0 Å². The summed E-state index contributed by atoms with van der Waals surface area (Å²) in [5.41, 5.74) is 5.91. The second-order valence-electron chi connectivity index (χ2n) is 12.4. The molecule has 1 saturated heterocycles. The summed E-state index contributed by atoms with van der Waals surface area (Å²) in [7, 11) is 0. The molecule has 1 fully saturated rings. The van der Waals surface area contributed by atoms with E-state index in [1.165, 1.54) is 68.6 Å². The number of nitrogens with one attached hydrogen (secondary N) is 3. The van der Waals surface area contributed by atoms with E-state index < -0.39 is 12.2 Å². The van der Waals surface area contributed by atoms with Crippen molar-refractivity contribution < 1.29 is 20.1 Å². The number of pyridine rings is 1. The number of aryl methyl sites for hydroxylation is 1. The van der Waals surface area contributed by atoms with Crippen LogP contribution in [0.4, 0.5) is 10.5 Å². The molecule has 5 aromatic rings. The van der Waals surface area contributed by atoms with Gasteiger partial charge in [-0.15, -0.1) is 0 Å². The minimum absolute atomic E-state index is 0.00144. The normalized spacial score (nSPS) is 13.7. The number of aliphatic hydroxyl groups excluding tert-OH is 1. The van der Waals surface area contributed by atoms with Crippen molar-refractivity contribution in [2.45, 2.75) is 44.6 Å². The van der Waals surface area contributed by atoms with Crippen LogP contribution in [-0.4, -0.2) is 64.0 Å². The molecular weight excluding hydrogens is 616 g/mol. The van der Waals surface area contributed by atoms with Gasteiger partial charge in [0.05, 0.1) is 17.3 Å². The summed E-state index contributed by atoms with van der Waals surface area (Å²) in [6, 6.07) is 32.1. The lowest BCUT2D eigenvalue weighted by Crippen LogP contribution is -2.30. The van der Waals surface area contributed by atoms with Crippen LogP contribution in [0.3, 0.4) is 0 Å². The lowest BCUT2D eigenvalue weighted by molar-refractivity contribution is 0.176. The summed E-state index contributed by atoms with van der Waals surface area (Å²) < 4.78 is 0. The molecule has 1 atom stereocenters. The number of aromatic nitrogens is 1. The van der Waals surface area contributed by atoms with Gasteiger partial charge in [0.25, 0.3) is 0 Å². The Hall–Kier alpha value is -4.96. The lowest BCUT2D eigenvalue weighted by atomic mass is 10.0. The number of rotatable bonds is 12. The van der Waals surface area contributed by atoms with Crippen LogP contribution in [0.5, 0.6) is 5.75 Å². The number of carbonyl (C=O) groups is 1. The number of likely N-dealkylation sites (tertiary alicyclic amines) is 1. The molecule has 1 amide bonds. The first kappa shape index (κ1) is 35.3. The van der Waals surface area contributed by atoms with Crippen LogP contribution in [0.2, 0.25) is 0 Å². The first-order valence-electron chi connectivity index (χ1n) is 17.1. The summed E-state index contributed by atoms with van der Waals surface area (Å²) in [4.78, 5) is 27.4. The van der Waals surface area contributed by atoms with Crippen LogP contribution in [0.1, 0.15) is 48.5 Å². The molecule has 9 heteroatoms. The summed E-state index contributed by atoms with van der Waals surface area (Å²) in [5, 5.41) is 35.7. The van der Waals surface area contributed by atoms with E-state index in [1.54, 1.807) is 24.3 Å². The van der Waals surface area contributed by atoms with Crippen molar-refractivity contribution in [1.29, 1.82) is 0 Å². The maximum Gasteiger partial charge on any atom is 0.409 e. The number of H-pyrrole nitrogens is 1. The third-order valence-corrected chi connectivity index (χ3v) is 8.86. The summed E-state index contributed by atoms with van der Waals surface area (Å²) >= 11 is 0. The first-order valence-corrected chi connectivity index (χ1v) is 17.1. The Labute approximate surface area is 287 Å². The van der Waals surface area contributed by atoms with Crippen LogP contribution >= 0.6 is 0 Å². The second kappa shape index (κ2) is 18.0. The zero-order valence-electron chi connectivity index (χ0n) is 27.8. The average molecular weight is 663 g/mol. The molecule has 2 heterocycles. The molecule has 9 nitrogen and oxygen atoms in total. The van der Waals surface area contributed by atoms with E-state index in [9.17, 15) is 19.8 Å². The molecule has 256 valence electrons. The molecule has 1 aliphatic heterocycles. The Kier molecular flexibility index (Phi) is 13.0. The van der Waals surface area contributed by atoms with Crippen molar-refractivity contribution >= 4 is 22.7 Å². The number of phenols is 1. The largest absolute Gasteiger partial charge is 0.506 e. The van der Waals surface area contributed by atoms with Gasteiger partial charge in [-0.1, -0.05) is 85.3 Å². The molecule has 6 N–H and O–H groups in total. The quantitative estimate of drug-likeness (QED) is 0.0795. The number of piperidine rings is 1. The van der Waals surface area contributed by atoms with Gasteiger partial charge in [-0.05, 0) is 98.7 Å². The summed E-state index contributed by atoms with van der Waals surface area (Å²) in [6.07, 6.45) is 5.56. The highest BCUT2D eigenvalue weighted by Crippen LogP contribution is 2.29. The van der Waals surface area contributed by atoms with Gasteiger partial charge in [-0.25, -0.2) is 4.79 Å². The van der Waals surface area contributed by atoms with Gasteiger partial charge < -0.3 is 30.5 Å². The first-order chi connectivity index (χ1) is 23.9. The van der Waals surface area contributed by atoms with E-state index >= 15 is 0 Å². The summed E-state index contributed by atoms with van der Waals surface area (Å²) in [6.45, 7) is 4.90. The molecule has 0 radical (unpaired) electrons. The zero-order chi connectivity index (χ0) is 34.4. The van der Waals surface area contributed by atoms with Gasteiger partial charge in [-0.3, -0.25) is 10.1 Å². The smallest absolute Gasteiger partial charge is 0.409 e. The number of aromatic amines is 1. The topological polar surface area (TPSA) is 138 Å². The van der Waals surface area contributed by atoms with Gasteiger partial charge in [0.2, 0.25) is 5.56 Å². The van der Waals surface area contributed by atoms with Crippen molar-refractivity contribution in [2.75, 3.05) is 38.0 Å². The number of aromatic hydroxyl groups is 1. The second-order valence-corrected chi connectivity index (χ2v) is 12.4. The number of phenolic OH excluding ortho intramolecular Hbond substituents is 1. The lowest BCUT2D eigenvalue weighted by Gasteiger charge is -2.26. The Balaban J connectivity index is 0.000000244. The molecule has 0 unspecified atom stereocenters. The Morgan fingerprint density at radius 3 is 2.24 bits per heavy atom. The minimum Gasteiger partial charge on any atom is -0.506 e. The van der Waals surface area contributed by atoms with E-state index in [0.717, 1.165) is 30.5 Å². The Bertz CT molecular complexity index is 1840. The number of fused-ring (bicyclic) bond motifs is 1. The monoisotopic (exact) mass is 662 g/mol. The minimum atomic E-state index is -1.05. The molecule has 0 bridgehead atoms. The van der Waals surface area contributed by atoms with Crippen molar-refractivity contribution in [3.63, 3.8) is 0 Å². The number of aliphatic hydroxyl groups is 1. The van der Waals surface area contributed by atoms with E-state index in [2.05, 4.69) is 44.8 Å². The molecule has 4 aromatic carbocycles. The molecule has 0 aliphatic carbocycles. The summed E-state index contributed by atoms with van der Waals surface area (Å²) in [5.74, 6) is 0.00144. The Morgan fingerprint density at radius 2 is 1.51 bits per heavy atom. The molecule has 6 rings (SSSR count). The molecule has 49 heavy (non-hydrogen) atoms. The number of para-hydroxylation sites is 1. The number of benzene rings is 4. The van der Waals surface area contributed by atoms with Crippen molar-refractivity contribution in [2.24, 2.45) is 0 Å². The molecule has 1 aromatic heterocycles. The maximum atomic E-state index is 11.6. The zero-order valence-corrected chi connectivity index (χ0v) is 27.8. The number of amides is 1. The van der Waals surface area contributed by atoms with Gasteiger partial charge in [0.15, 0.2) is 0 Å². The Morgan fingerprint density at radius 1 is 0.816 bits per heavy atom. The fourth-order valence-corrected chi connectivity index (χ4v) is 6.27. The third kappa shape index (κ3) is 10.5. The SMILES string of the molecule is O=C(O)Nc1ccccc1-c1ccccc1.O=c1ccc2c([C@@H](O)CNCCc3ccc(CCCN4CCCCC4)cc3)ccc(O)c2[nH]1. The van der Waals surface area contributed by atoms with Crippen LogP contribution < -0.4 is 16.2 Å². The van der Waals surface area contributed by atoms with Crippen molar-refractivity contribution in [3.05, 3.63) is 130 Å². The van der Waals surface area contributed by atoms with Gasteiger partial charge >= 0.3 is 6.09 Å². The van der Waals surface area contributed by atoms with Crippen molar-refractivity contribution in [1.82, 2.24) is 15.2 Å². The van der Waals surface area contributed by atoms with Gasteiger partial charge in [0.1, 0.15) is 5.75 Å². The third-order valence-electron chi connectivity index (χ3n) is 8.86. The fraction of sp³-hybridized carbons (Fsp3) is 0.300. The number of nitrogens with zero attached hydrogens (tertiary/aromatic N) is 1. The van der Waals surface area contributed by atoms with Crippen LogP contribution in [0.15, 0.2) is 108 Å². The standard InChI is InChI=1S/C27H35N3O3.C13H11NO2/c31-24-12-10-22(23-11-13-26(33)29-27(23)24)25(32)19-28-15-14-21-8-6-20(7-9-21)5-4-18-30-16-2-1-3-17-30;15-13(16)14-12-9-5-4-8-11(12)10-6-2-1-3-7-10/h6-13,25,28,31-32H,1-5,14-19H2,(H,29,33);1-9,14H,(H,15,16)/t25-;/m0./s1. The predicted octanol–water partition coefficient (Wildman–Crippen LogP) is 6.96. The van der Waals surface area contributed by atoms with E-state index in [-0.39, 0.29) is 11.3 Å². The highest BCUT2D eigenvalue weighted by molar-refractivity contribution is 5.90. The van der Waals surface area contributed by atoms with Crippen LogP contribution in [0, 0.1) is 0 Å². The van der Waals surface area contributed by atoms with Crippen molar-refractivity contribution in [3.8, 4) is 16.9 Å². The maximum absolute atomic E-state index is 11.6. The molecule has 0 spiro atoms. The van der Waals surface area contributed by atoms with Gasteiger partial charge in [0, 0.05) is 23.6 Å². The number of hydrogen-bond acceptors (Lipinski definition) is 6. The highest BCUT2D eigenvalue weighted by atomic mass is 16.4. The van der Waals surface area contributed by atoms with Crippen LogP contribution in [-0.2, 0) is 12.8 Å². The predicted molar refractivity (Wildman–Crippen MR) is 196 cm³/mol. The number of hydrogen-bond donors (Lipinski definition) is 6. The molecule has 0 saturated carbocycles. The number of anilines is 1.